The maximum Gasteiger partial charge on any atom is 0.285 e. The highest BCUT2D eigenvalue weighted by atomic mass is 79.9. The Balaban J connectivity index is 1.54. The molecule has 9 heteroatoms. The molecule has 202 valence electrons. The molecule has 1 heterocycles. The third kappa shape index (κ3) is 6.72. The van der Waals surface area contributed by atoms with Gasteiger partial charge in [-0.15, -0.1) is 0 Å². The van der Waals surface area contributed by atoms with E-state index in [0.717, 1.165) is 33.5 Å². The fourth-order valence-electron chi connectivity index (χ4n) is 3.99. The van der Waals surface area contributed by atoms with Crippen LogP contribution < -0.4 is 14.9 Å². The molecule has 0 saturated carbocycles. The van der Waals surface area contributed by atoms with E-state index in [2.05, 4.69) is 54.3 Å². The van der Waals surface area contributed by atoms with Crippen LogP contribution in [0, 0.1) is 27.7 Å². The van der Waals surface area contributed by atoms with Gasteiger partial charge in [0.25, 0.3) is 11.8 Å². The zero-order valence-electron chi connectivity index (χ0n) is 22.4. The summed E-state index contributed by atoms with van der Waals surface area (Å²) in [5.41, 5.74) is 9.55. The van der Waals surface area contributed by atoms with Gasteiger partial charge in [-0.1, -0.05) is 41.6 Å². The molecule has 0 radical (unpaired) electrons. The lowest BCUT2D eigenvalue weighted by Gasteiger charge is -2.17. The molecule has 0 atom stereocenters. The van der Waals surface area contributed by atoms with Crippen molar-refractivity contribution in [1.82, 2.24) is 10.4 Å². The molecular weight excluding hydrogens is 596 g/mol. The molecule has 2 amide bonds. The minimum Gasteiger partial charge on any atom is -0.490 e. The zero-order chi connectivity index (χ0) is 28.3. The average Bonchev–Trinajstić information content (AvgIpc) is 3.14. The highest BCUT2D eigenvalue weighted by Crippen LogP contribution is 2.40. The summed E-state index contributed by atoms with van der Waals surface area (Å²) < 4.78 is 13.1. The van der Waals surface area contributed by atoms with E-state index in [0.29, 0.717) is 39.7 Å². The van der Waals surface area contributed by atoms with Crippen molar-refractivity contribution in [3.63, 3.8) is 0 Å². The summed E-state index contributed by atoms with van der Waals surface area (Å²) in [6.45, 7) is 10.9. The van der Waals surface area contributed by atoms with Crippen LogP contribution in [0.4, 0.5) is 0 Å². The number of ether oxygens (including phenoxy) is 2. The number of benzene rings is 3. The second kappa shape index (κ2) is 12.4. The third-order valence-corrected chi connectivity index (χ3v) is 8.17. The Kier molecular flexibility index (Phi) is 9.15. The first-order chi connectivity index (χ1) is 18.6. The number of nitrogens with one attached hydrogen (secondary N) is 1. The molecule has 3 aromatic rings. The van der Waals surface area contributed by atoms with Crippen LogP contribution in [-0.4, -0.2) is 27.8 Å². The Labute approximate surface area is 246 Å². The van der Waals surface area contributed by atoms with E-state index < -0.39 is 11.8 Å². The Morgan fingerprint density at radius 2 is 1.72 bits per heavy atom. The van der Waals surface area contributed by atoms with Crippen LogP contribution in [0.25, 0.3) is 6.08 Å². The SMILES string of the molecule is CCOc1cc(/C=C2/SC(=S)N(NC(=O)c3ccc(C)cc3)C2=O)cc(Br)c1OCc1cc(C)c(C)cc1C. The number of amides is 2. The molecule has 39 heavy (non-hydrogen) atoms. The van der Waals surface area contributed by atoms with Crippen LogP contribution in [0.3, 0.4) is 0 Å². The summed E-state index contributed by atoms with van der Waals surface area (Å²) in [5, 5.41) is 1.11. The van der Waals surface area contributed by atoms with Crippen LogP contribution in [0.5, 0.6) is 11.5 Å². The number of carbonyl (C=O) groups is 2. The Bertz CT molecular complexity index is 1490. The molecule has 1 aliphatic rings. The van der Waals surface area contributed by atoms with E-state index in [1.165, 1.54) is 16.7 Å². The molecule has 3 aromatic carbocycles. The number of thioether (sulfide) groups is 1. The highest BCUT2D eigenvalue weighted by molar-refractivity contribution is 9.10. The van der Waals surface area contributed by atoms with Gasteiger partial charge in [-0.3, -0.25) is 15.0 Å². The van der Waals surface area contributed by atoms with Crippen LogP contribution in [0.15, 0.2) is 57.9 Å². The average molecular weight is 626 g/mol. The highest BCUT2D eigenvalue weighted by Gasteiger charge is 2.34. The van der Waals surface area contributed by atoms with Crippen molar-refractivity contribution in [2.75, 3.05) is 6.61 Å². The van der Waals surface area contributed by atoms with Crippen molar-refractivity contribution >= 4 is 62.1 Å². The molecule has 6 nitrogen and oxygen atoms in total. The number of halogens is 1. The van der Waals surface area contributed by atoms with Crippen LogP contribution in [-0.2, 0) is 11.4 Å². The number of rotatable bonds is 8. The minimum atomic E-state index is -0.408. The number of carbonyl (C=O) groups excluding carboxylic acids is 2. The molecule has 1 fully saturated rings. The lowest BCUT2D eigenvalue weighted by molar-refractivity contribution is -0.123. The Morgan fingerprint density at radius 1 is 1.03 bits per heavy atom. The number of hydrogen-bond donors (Lipinski definition) is 1. The van der Waals surface area contributed by atoms with Crippen molar-refractivity contribution in [3.8, 4) is 11.5 Å². The minimum absolute atomic E-state index is 0.250. The third-order valence-electron chi connectivity index (χ3n) is 6.27. The van der Waals surface area contributed by atoms with Crippen molar-refractivity contribution in [2.24, 2.45) is 0 Å². The van der Waals surface area contributed by atoms with Gasteiger partial charge in [0, 0.05) is 5.56 Å². The van der Waals surface area contributed by atoms with Crippen molar-refractivity contribution in [1.29, 1.82) is 0 Å². The summed E-state index contributed by atoms with van der Waals surface area (Å²) in [4.78, 5) is 26.2. The van der Waals surface area contributed by atoms with Crippen molar-refractivity contribution < 1.29 is 19.1 Å². The van der Waals surface area contributed by atoms with Gasteiger partial charge in [0.2, 0.25) is 0 Å². The van der Waals surface area contributed by atoms with Gasteiger partial charge >= 0.3 is 0 Å². The number of aryl methyl sites for hydroxylation is 4. The van der Waals surface area contributed by atoms with Gasteiger partial charge < -0.3 is 9.47 Å². The van der Waals surface area contributed by atoms with Crippen LogP contribution in [0.1, 0.15) is 50.7 Å². The van der Waals surface area contributed by atoms with Gasteiger partial charge in [0.05, 0.1) is 16.0 Å². The summed E-state index contributed by atoms with van der Waals surface area (Å²) in [5.74, 6) is 0.340. The lowest BCUT2D eigenvalue weighted by Crippen LogP contribution is -2.44. The first-order valence-electron chi connectivity index (χ1n) is 12.4. The van der Waals surface area contributed by atoms with E-state index in [-0.39, 0.29) is 4.32 Å². The van der Waals surface area contributed by atoms with Gasteiger partial charge in [0.15, 0.2) is 15.8 Å². The van der Waals surface area contributed by atoms with Gasteiger partial charge in [-0.05, 0) is 121 Å². The van der Waals surface area contributed by atoms with E-state index in [4.69, 9.17) is 21.7 Å². The fraction of sp³-hybridized carbons (Fsp3) is 0.233. The normalized spacial score (nSPS) is 14.2. The van der Waals surface area contributed by atoms with Gasteiger partial charge in [-0.25, -0.2) is 0 Å². The van der Waals surface area contributed by atoms with Gasteiger partial charge in [-0.2, -0.15) is 5.01 Å². The first kappa shape index (κ1) is 28.9. The second-order valence-corrected chi connectivity index (χ2v) is 11.8. The molecule has 0 unspecified atom stereocenters. The summed E-state index contributed by atoms with van der Waals surface area (Å²) >= 11 is 10.1. The molecule has 0 spiro atoms. The van der Waals surface area contributed by atoms with E-state index in [1.807, 2.05) is 38.1 Å². The number of hydrogen-bond acceptors (Lipinski definition) is 6. The first-order valence-corrected chi connectivity index (χ1v) is 14.4. The van der Waals surface area contributed by atoms with Crippen molar-refractivity contribution in [2.45, 2.75) is 41.2 Å². The van der Waals surface area contributed by atoms with E-state index in [9.17, 15) is 9.59 Å². The summed E-state index contributed by atoms with van der Waals surface area (Å²) in [6.07, 6.45) is 1.72. The molecule has 1 saturated heterocycles. The van der Waals surface area contributed by atoms with E-state index >= 15 is 0 Å². The number of thiocarbonyl (C=S) groups is 1. The molecule has 1 N–H and O–H groups in total. The smallest absolute Gasteiger partial charge is 0.285 e. The molecule has 0 aliphatic carbocycles. The lowest BCUT2D eigenvalue weighted by atomic mass is 10.0. The quantitative estimate of drug-likeness (QED) is 0.211. The molecular formula is C30H29BrN2O4S2. The fourth-order valence-corrected chi connectivity index (χ4v) is 5.74. The number of hydrazine groups is 1. The predicted octanol–water partition coefficient (Wildman–Crippen LogP) is 7.21. The molecule has 4 rings (SSSR count). The predicted molar refractivity (Wildman–Crippen MR) is 164 cm³/mol. The van der Waals surface area contributed by atoms with Crippen LogP contribution >= 0.6 is 39.9 Å². The maximum atomic E-state index is 13.1. The number of nitrogens with zero attached hydrogens (tertiary/aromatic N) is 1. The van der Waals surface area contributed by atoms with Gasteiger partial charge in [0.1, 0.15) is 6.61 Å². The van der Waals surface area contributed by atoms with E-state index in [1.54, 1.807) is 18.2 Å². The Hall–Kier alpha value is -3.14. The maximum absolute atomic E-state index is 13.1. The summed E-state index contributed by atoms with van der Waals surface area (Å²) in [7, 11) is 0. The summed E-state index contributed by atoms with van der Waals surface area (Å²) in [6, 6.07) is 15.1. The second-order valence-electron chi connectivity index (χ2n) is 9.24. The standard InChI is InChI=1S/C30H29BrN2O4S2/c1-6-36-25-14-21(13-24(31)27(25)37-16-23-12-19(4)18(3)11-20(23)5)15-26-29(35)33(30(38)39-26)32-28(34)22-9-7-17(2)8-10-22/h7-15H,6,16H2,1-5H3,(H,32,34)/b26-15+. The Morgan fingerprint density at radius 3 is 2.41 bits per heavy atom. The largest absolute Gasteiger partial charge is 0.490 e. The molecule has 0 aromatic heterocycles. The topological polar surface area (TPSA) is 67.9 Å². The van der Waals surface area contributed by atoms with Crippen LogP contribution in [0.2, 0.25) is 0 Å². The zero-order valence-corrected chi connectivity index (χ0v) is 25.6. The molecule has 1 aliphatic heterocycles. The van der Waals surface area contributed by atoms with Crippen molar-refractivity contribution in [3.05, 3.63) is 96.9 Å². The molecule has 0 bridgehead atoms. The monoisotopic (exact) mass is 624 g/mol.